The number of rotatable bonds is 2. The molecule has 0 bridgehead atoms. The number of hydrogen-bond donors (Lipinski definition) is 1. The minimum Gasteiger partial charge on any atom is -0.327 e. The van der Waals surface area contributed by atoms with E-state index in [1.807, 2.05) is 20.8 Å². The highest BCUT2D eigenvalue weighted by Crippen LogP contribution is 2.18. The van der Waals surface area contributed by atoms with Crippen LogP contribution in [0.5, 0.6) is 0 Å². The zero-order chi connectivity index (χ0) is 6.78. The average molecular weight is 119 g/mol. The summed E-state index contributed by atoms with van der Waals surface area (Å²) in [5.41, 5.74) is 5.09. The first kappa shape index (κ1) is 7.89. The van der Waals surface area contributed by atoms with E-state index in [1.54, 1.807) is 0 Å². The van der Waals surface area contributed by atoms with Crippen LogP contribution in [0.1, 0.15) is 20.8 Å². The van der Waals surface area contributed by atoms with E-state index in [0.29, 0.717) is 0 Å². The maximum absolute atomic E-state index is 11.9. The zero-order valence-corrected chi connectivity index (χ0v) is 5.74. The van der Waals surface area contributed by atoms with E-state index in [-0.39, 0.29) is 18.1 Å². The van der Waals surface area contributed by atoms with Crippen molar-refractivity contribution in [3.8, 4) is 0 Å². The van der Waals surface area contributed by atoms with Gasteiger partial charge in [-0.1, -0.05) is 13.8 Å². The Kier molecular flexibility index (Phi) is 2.41. The van der Waals surface area contributed by atoms with Crippen LogP contribution >= 0.6 is 0 Å². The Morgan fingerprint density at radius 1 is 1.62 bits per heavy atom. The van der Waals surface area contributed by atoms with E-state index < -0.39 is 0 Å². The van der Waals surface area contributed by atoms with Gasteiger partial charge in [0.05, 0.1) is 6.67 Å². The summed E-state index contributed by atoms with van der Waals surface area (Å²) < 4.78 is 11.9. The first-order valence-electron chi connectivity index (χ1n) is 2.82. The second kappa shape index (κ2) is 2.44. The lowest BCUT2D eigenvalue weighted by Gasteiger charge is -2.24. The van der Waals surface area contributed by atoms with E-state index in [9.17, 15) is 4.39 Å². The van der Waals surface area contributed by atoms with Gasteiger partial charge in [-0.25, -0.2) is 0 Å². The van der Waals surface area contributed by atoms with Crippen LogP contribution < -0.4 is 5.73 Å². The largest absolute Gasteiger partial charge is 0.327 e. The van der Waals surface area contributed by atoms with Gasteiger partial charge >= 0.3 is 0 Å². The van der Waals surface area contributed by atoms with Crippen molar-refractivity contribution in [1.29, 1.82) is 0 Å². The van der Waals surface area contributed by atoms with Crippen molar-refractivity contribution < 1.29 is 4.39 Å². The van der Waals surface area contributed by atoms with E-state index in [4.69, 9.17) is 5.73 Å². The standard InChI is InChI=1S/C6H14FN/c1-5(8)6(2,3)4-7/h5H,4,8H2,1-3H3/t5-/m0/s1. The van der Waals surface area contributed by atoms with Gasteiger partial charge in [-0.05, 0) is 6.92 Å². The average Bonchev–Trinajstić information content (AvgIpc) is 1.67. The minimum atomic E-state index is -0.347. The van der Waals surface area contributed by atoms with Crippen molar-refractivity contribution in [2.24, 2.45) is 11.1 Å². The molecule has 0 aromatic carbocycles. The van der Waals surface area contributed by atoms with Crippen molar-refractivity contribution in [3.05, 3.63) is 0 Å². The van der Waals surface area contributed by atoms with Crippen LogP contribution in [0.25, 0.3) is 0 Å². The summed E-state index contributed by atoms with van der Waals surface area (Å²) in [6.07, 6.45) is 0. The molecule has 0 aliphatic carbocycles. The summed E-state index contributed by atoms with van der Waals surface area (Å²) in [5.74, 6) is 0. The highest BCUT2D eigenvalue weighted by atomic mass is 19.1. The Morgan fingerprint density at radius 3 is 2.00 bits per heavy atom. The summed E-state index contributed by atoms with van der Waals surface area (Å²) in [6, 6.07) is -0.0625. The number of hydrogen-bond acceptors (Lipinski definition) is 1. The first-order chi connectivity index (χ1) is 3.50. The minimum absolute atomic E-state index is 0.0625. The molecule has 0 heterocycles. The number of nitrogens with two attached hydrogens (primary N) is 1. The van der Waals surface area contributed by atoms with Crippen LogP contribution in [0, 0.1) is 5.41 Å². The Hall–Kier alpha value is -0.110. The van der Waals surface area contributed by atoms with Crippen molar-refractivity contribution in [1.82, 2.24) is 0 Å². The second-order valence-corrected chi connectivity index (χ2v) is 2.91. The third kappa shape index (κ3) is 1.78. The zero-order valence-electron chi connectivity index (χ0n) is 5.74. The molecule has 2 heteroatoms. The fourth-order valence-electron chi connectivity index (χ4n) is 0.122. The quantitative estimate of drug-likeness (QED) is 0.583. The molecule has 0 aromatic heterocycles. The fourth-order valence-corrected chi connectivity index (χ4v) is 0.122. The first-order valence-corrected chi connectivity index (χ1v) is 2.82. The Bertz CT molecular complexity index is 68.9. The van der Waals surface area contributed by atoms with Gasteiger partial charge in [0.2, 0.25) is 0 Å². The van der Waals surface area contributed by atoms with Gasteiger partial charge < -0.3 is 5.73 Å². The van der Waals surface area contributed by atoms with Crippen LogP contribution in [0.3, 0.4) is 0 Å². The molecule has 0 saturated carbocycles. The molecule has 0 saturated heterocycles. The molecule has 8 heavy (non-hydrogen) atoms. The molecule has 50 valence electrons. The molecule has 0 radical (unpaired) electrons. The van der Waals surface area contributed by atoms with E-state index in [0.717, 1.165) is 0 Å². The Labute approximate surface area is 50.1 Å². The van der Waals surface area contributed by atoms with Crippen molar-refractivity contribution >= 4 is 0 Å². The molecule has 1 nitrogen and oxygen atoms in total. The predicted molar refractivity (Wildman–Crippen MR) is 33.4 cm³/mol. The summed E-state index contributed by atoms with van der Waals surface area (Å²) >= 11 is 0. The Morgan fingerprint density at radius 2 is 2.00 bits per heavy atom. The molecule has 0 rings (SSSR count). The molecule has 2 N–H and O–H groups in total. The maximum atomic E-state index is 11.9. The topological polar surface area (TPSA) is 26.0 Å². The molecule has 0 fully saturated rings. The van der Waals surface area contributed by atoms with Crippen LogP contribution in [0.4, 0.5) is 4.39 Å². The van der Waals surface area contributed by atoms with Crippen molar-refractivity contribution in [3.63, 3.8) is 0 Å². The second-order valence-electron chi connectivity index (χ2n) is 2.91. The van der Waals surface area contributed by atoms with Gasteiger partial charge in [-0.15, -0.1) is 0 Å². The highest BCUT2D eigenvalue weighted by molar-refractivity contribution is 4.76. The van der Waals surface area contributed by atoms with Crippen LogP contribution in [-0.4, -0.2) is 12.7 Å². The SMILES string of the molecule is C[C@H](N)C(C)(C)CF. The van der Waals surface area contributed by atoms with Gasteiger partial charge in [0.1, 0.15) is 0 Å². The summed E-state index contributed by atoms with van der Waals surface area (Å²) in [7, 11) is 0. The van der Waals surface area contributed by atoms with Crippen LogP contribution in [0.15, 0.2) is 0 Å². The third-order valence-electron chi connectivity index (χ3n) is 1.58. The summed E-state index contributed by atoms with van der Waals surface area (Å²) in [5, 5.41) is 0. The van der Waals surface area contributed by atoms with Gasteiger partial charge in [0.25, 0.3) is 0 Å². The van der Waals surface area contributed by atoms with Gasteiger partial charge in [0, 0.05) is 11.5 Å². The van der Waals surface area contributed by atoms with E-state index >= 15 is 0 Å². The molecule has 0 aliphatic heterocycles. The van der Waals surface area contributed by atoms with Gasteiger partial charge in [-0.2, -0.15) is 0 Å². The smallest absolute Gasteiger partial charge is 0.0960 e. The van der Waals surface area contributed by atoms with Crippen molar-refractivity contribution in [2.45, 2.75) is 26.8 Å². The molecule has 0 amide bonds. The van der Waals surface area contributed by atoms with E-state index in [2.05, 4.69) is 0 Å². The molecular weight excluding hydrogens is 105 g/mol. The molecular formula is C6H14FN. The van der Waals surface area contributed by atoms with E-state index in [1.165, 1.54) is 0 Å². The third-order valence-corrected chi connectivity index (χ3v) is 1.58. The molecule has 0 unspecified atom stereocenters. The summed E-state index contributed by atoms with van der Waals surface area (Å²) in [4.78, 5) is 0. The van der Waals surface area contributed by atoms with Crippen molar-refractivity contribution in [2.75, 3.05) is 6.67 Å². The molecule has 1 atom stereocenters. The monoisotopic (exact) mass is 119 g/mol. The fraction of sp³-hybridized carbons (Fsp3) is 1.00. The number of halogens is 1. The van der Waals surface area contributed by atoms with Gasteiger partial charge in [-0.3, -0.25) is 4.39 Å². The van der Waals surface area contributed by atoms with Crippen LogP contribution in [0.2, 0.25) is 0 Å². The van der Waals surface area contributed by atoms with Crippen LogP contribution in [-0.2, 0) is 0 Å². The lowest BCUT2D eigenvalue weighted by atomic mass is 9.88. The maximum Gasteiger partial charge on any atom is 0.0960 e. The summed E-state index contributed by atoms with van der Waals surface area (Å²) in [6.45, 7) is 5.11. The lowest BCUT2D eigenvalue weighted by molar-refractivity contribution is 0.219. The molecule has 0 aliphatic rings. The highest BCUT2D eigenvalue weighted by Gasteiger charge is 2.21. The molecule has 0 aromatic rings. The normalized spacial score (nSPS) is 16.1. The molecule has 0 spiro atoms. The van der Waals surface area contributed by atoms with Gasteiger partial charge in [0.15, 0.2) is 0 Å². The predicted octanol–water partition coefficient (Wildman–Crippen LogP) is 1.33. The lowest BCUT2D eigenvalue weighted by Crippen LogP contribution is -2.35. The number of alkyl halides is 1. The Balaban J connectivity index is 3.71.